The zero-order valence-electron chi connectivity index (χ0n) is 9.87. The summed E-state index contributed by atoms with van der Waals surface area (Å²) in [5.41, 5.74) is 2.09. The maximum Gasteiger partial charge on any atom is 0.0729 e. The number of aliphatic hydroxyl groups excluding tert-OH is 1. The van der Waals surface area contributed by atoms with Crippen molar-refractivity contribution in [2.24, 2.45) is 0 Å². The Balaban J connectivity index is 1.88. The lowest BCUT2D eigenvalue weighted by Gasteiger charge is -2.00. The van der Waals surface area contributed by atoms with Gasteiger partial charge in [0.15, 0.2) is 0 Å². The molecule has 0 fully saturated rings. The molecule has 2 heterocycles. The Hall–Kier alpha value is -1.82. The van der Waals surface area contributed by atoms with Crippen LogP contribution in [-0.4, -0.2) is 31.3 Å². The van der Waals surface area contributed by atoms with Crippen LogP contribution in [0.3, 0.4) is 0 Å². The molecule has 0 saturated carbocycles. The number of aryl methyl sites for hydroxylation is 1. The second-order valence-corrected chi connectivity index (χ2v) is 3.77. The Kier molecular flexibility index (Phi) is 3.77. The highest BCUT2D eigenvalue weighted by Crippen LogP contribution is 2.07. The van der Waals surface area contributed by atoms with Crippen molar-refractivity contribution in [2.45, 2.75) is 26.6 Å². The fraction of sp³-hybridized carbons (Fsp3) is 0.455. The van der Waals surface area contributed by atoms with Gasteiger partial charge in [0.25, 0.3) is 0 Å². The first kappa shape index (κ1) is 11.7. The highest BCUT2D eigenvalue weighted by atomic mass is 16.3. The number of anilines is 1. The Morgan fingerprint density at radius 3 is 2.76 bits per heavy atom. The molecule has 0 aromatic carbocycles. The summed E-state index contributed by atoms with van der Waals surface area (Å²) in [7, 11) is 0. The molecule has 2 aromatic heterocycles. The van der Waals surface area contributed by atoms with Gasteiger partial charge in [-0.2, -0.15) is 10.2 Å². The van der Waals surface area contributed by atoms with Crippen molar-refractivity contribution < 1.29 is 5.11 Å². The van der Waals surface area contributed by atoms with Crippen LogP contribution >= 0.6 is 0 Å². The first-order valence-corrected chi connectivity index (χ1v) is 5.70. The number of rotatable bonds is 6. The molecule has 0 amide bonds. The third-order valence-electron chi connectivity index (χ3n) is 2.47. The van der Waals surface area contributed by atoms with Crippen LogP contribution in [0.4, 0.5) is 5.69 Å². The van der Waals surface area contributed by atoms with E-state index in [1.54, 1.807) is 10.9 Å². The van der Waals surface area contributed by atoms with Gasteiger partial charge in [-0.3, -0.25) is 9.36 Å². The minimum absolute atomic E-state index is 0.109. The van der Waals surface area contributed by atoms with Gasteiger partial charge in [0.2, 0.25) is 0 Å². The van der Waals surface area contributed by atoms with Crippen molar-refractivity contribution in [1.82, 2.24) is 19.6 Å². The van der Waals surface area contributed by atoms with Crippen molar-refractivity contribution >= 4 is 5.69 Å². The third kappa shape index (κ3) is 3.07. The Labute approximate surface area is 99.9 Å². The summed E-state index contributed by atoms with van der Waals surface area (Å²) in [6.07, 6.45) is 7.50. The largest absolute Gasteiger partial charge is 0.394 e. The fourth-order valence-electron chi connectivity index (χ4n) is 1.55. The van der Waals surface area contributed by atoms with E-state index in [0.29, 0.717) is 13.1 Å². The van der Waals surface area contributed by atoms with Crippen LogP contribution in [-0.2, 0) is 19.6 Å². The Bertz CT molecular complexity index is 462. The smallest absolute Gasteiger partial charge is 0.0729 e. The lowest BCUT2D eigenvalue weighted by Crippen LogP contribution is -2.02. The predicted octanol–water partition coefficient (Wildman–Crippen LogP) is 0.704. The van der Waals surface area contributed by atoms with Crippen LogP contribution in [0.25, 0.3) is 0 Å². The van der Waals surface area contributed by atoms with E-state index in [4.69, 9.17) is 5.11 Å². The SMILES string of the molecule is CCn1cc(NCc2cnn(CCO)c2)cn1. The monoisotopic (exact) mass is 235 g/mol. The number of nitrogens with one attached hydrogen (secondary N) is 1. The first-order valence-electron chi connectivity index (χ1n) is 5.70. The zero-order chi connectivity index (χ0) is 12.1. The zero-order valence-corrected chi connectivity index (χ0v) is 9.87. The van der Waals surface area contributed by atoms with Gasteiger partial charge in [0.1, 0.15) is 0 Å². The lowest BCUT2D eigenvalue weighted by molar-refractivity contribution is 0.269. The van der Waals surface area contributed by atoms with Crippen molar-refractivity contribution in [1.29, 1.82) is 0 Å². The minimum atomic E-state index is 0.109. The van der Waals surface area contributed by atoms with Crippen LogP contribution in [0.2, 0.25) is 0 Å². The van der Waals surface area contributed by atoms with Gasteiger partial charge in [-0.25, -0.2) is 0 Å². The molecule has 0 saturated heterocycles. The molecule has 0 aliphatic carbocycles. The van der Waals surface area contributed by atoms with Crippen molar-refractivity contribution in [3.8, 4) is 0 Å². The van der Waals surface area contributed by atoms with E-state index >= 15 is 0 Å². The average Bonchev–Trinajstić information content (AvgIpc) is 2.95. The molecule has 0 aliphatic rings. The lowest BCUT2D eigenvalue weighted by atomic mass is 10.3. The average molecular weight is 235 g/mol. The van der Waals surface area contributed by atoms with Gasteiger partial charge in [0, 0.05) is 31.0 Å². The molecule has 92 valence electrons. The van der Waals surface area contributed by atoms with E-state index in [1.165, 1.54) is 0 Å². The minimum Gasteiger partial charge on any atom is -0.394 e. The maximum absolute atomic E-state index is 8.78. The molecular formula is C11H17N5O. The number of nitrogens with zero attached hydrogens (tertiary/aromatic N) is 4. The molecule has 0 radical (unpaired) electrons. The van der Waals surface area contributed by atoms with Crippen LogP contribution in [0.1, 0.15) is 12.5 Å². The van der Waals surface area contributed by atoms with Crippen LogP contribution in [0.15, 0.2) is 24.8 Å². The molecule has 2 rings (SSSR count). The second kappa shape index (κ2) is 5.49. The maximum atomic E-state index is 8.78. The summed E-state index contributed by atoms with van der Waals surface area (Å²) in [4.78, 5) is 0. The third-order valence-corrected chi connectivity index (χ3v) is 2.47. The van der Waals surface area contributed by atoms with E-state index in [2.05, 4.69) is 22.4 Å². The standard InChI is InChI=1S/C11H17N5O/c1-2-15-9-11(7-14-15)12-5-10-6-13-16(8-10)3-4-17/h6-9,12,17H,2-5H2,1H3. The summed E-state index contributed by atoms with van der Waals surface area (Å²) in [5, 5.41) is 20.4. The predicted molar refractivity (Wildman–Crippen MR) is 64.5 cm³/mol. The van der Waals surface area contributed by atoms with Crippen LogP contribution in [0.5, 0.6) is 0 Å². The van der Waals surface area contributed by atoms with Gasteiger partial charge < -0.3 is 10.4 Å². The molecule has 2 aromatic rings. The molecule has 0 bridgehead atoms. The summed E-state index contributed by atoms with van der Waals surface area (Å²) in [6.45, 7) is 4.28. The molecule has 0 unspecified atom stereocenters. The fourth-order valence-corrected chi connectivity index (χ4v) is 1.55. The van der Waals surface area contributed by atoms with E-state index in [1.807, 2.05) is 23.3 Å². The van der Waals surface area contributed by atoms with E-state index < -0.39 is 0 Å². The highest BCUT2D eigenvalue weighted by molar-refractivity contribution is 5.38. The molecule has 6 nitrogen and oxygen atoms in total. The van der Waals surface area contributed by atoms with Crippen molar-refractivity contribution in [3.05, 3.63) is 30.4 Å². The quantitative estimate of drug-likeness (QED) is 0.773. The molecule has 17 heavy (non-hydrogen) atoms. The van der Waals surface area contributed by atoms with Gasteiger partial charge >= 0.3 is 0 Å². The van der Waals surface area contributed by atoms with E-state index in [0.717, 1.165) is 17.8 Å². The van der Waals surface area contributed by atoms with Gasteiger partial charge in [-0.1, -0.05) is 0 Å². The van der Waals surface area contributed by atoms with E-state index in [9.17, 15) is 0 Å². The van der Waals surface area contributed by atoms with E-state index in [-0.39, 0.29) is 6.61 Å². The highest BCUT2D eigenvalue weighted by Gasteiger charge is 2.00. The molecule has 2 N–H and O–H groups in total. The molecule has 6 heteroatoms. The second-order valence-electron chi connectivity index (χ2n) is 3.77. The van der Waals surface area contributed by atoms with Gasteiger partial charge in [-0.05, 0) is 6.92 Å². The summed E-state index contributed by atoms with van der Waals surface area (Å²) in [6, 6.07) is 0. The number of hydrogen-bond donors (Lipinski definition) is 2. The summed E-state index contributed by atoms with van der Waals surface area (Å²) < 4.78 is 3.60. The molecule has 0 aliphatic heterocycles. The Morgan fingerprint density at radius 2 is 2.06 bits per heavy atom. The first-order chi connectivity index (χ1) is 8.31. The van der Waals surface area contributed by atoms with Crippen LogP contribution in [0, 0.1) is 0 Å². The van der Waals surface area contributed by atoms with Crippen molar-refractivity contribution in [3.63, 3.8) is 0 Å². The van der Waals surface area contributed by atoms with Crippen LogP contribution < -0.4 is 5.32 Å². The number of aliphatic hydroxyl groups is 1. The molecule has 0 atom stereocenters. The topological polar surface area (TPSA) is 67.9 Å². The summed E-state index contributed by atoms with van der Waals surface area (Å²) >= 11 is 0. The summed E-state index contributed by atoms with van der Waals surface area (Å²) in [5.74, 6) is 0. The van der Waals surface area contributed by atoms with Gasteiger partial charge in [0.05, 0.1) is 31.2 Å². The van der Waals surface area contributed by atoms with Gasteiger partial charge in [-0.15, -0.1) is 0 Å². The van der Waals surface area contributed by atoms with Crippen molar-refractivity contribution in [2.75, 3.05) is 11.9 Å². The normalized spacial score (nSPS) is 10.7. The Morgan fingerprint density at radius 1 is 1.24 bits per heavy atom. The molecule has 0 spiro atoms. The molecular weight excluding hydrogens is 218 g/mol. The number of aromatic nitrogens is 4. The number of hydrogen-bond acceptors (Lipinski definition) is 4.